The van der Waals surface area contributed by atoms with E-state index < -0.39 is 7.92 Å². The second-order valence-electron chi connectivity index (χ2n) is 9.59. The van der Waals surface area contributed by atoms with E-state index >= 15 is 0 Å². The minimum absolute atomic E-state index is 0. The largest absolute Gasteiger partial charge is 1.00 e. The summed E-state index contributed by atoms with van der Waals surface area (Å²) in [6, 6.07) is 37.7. The van der Waals surface area contributed by atoms with Gasteiger partial charge < -0.3 is 33.4 Å². The molecule has 0 spiro atoms. The van der Waals surface area contributed by atoms with Gasteiger partial charge >= 0.3 is 0 Å². The van der Waals surface area contributed by atoms with Crippen molar-refractivity contribution in [3.05, 3.63) is 109 Å². The smallest absolute Gasteiger partial charge is 0.141 e. The Kier molecular flexibility index (Phi) is 9.39. The maximum absolute atomic E-state index is 5.18. The van der Waals surface area contributed by atoms with Gasteiger partial charge in [0, 0.05) is 31.9 Å². The third kappa shape index (κ3) is 6.25. The molecule has 0 unspecified atom stereocenters. The summed E-state index contributed by atoms with van der Waals surface area (Å²) in [5.41, 5.74) is 6.06. The average molecular weight is 620 g/mol. The van der Waals surface area contributed by atoms with Gasteiger partial charge in [-0.1, -0.05) is 55.8 Å². The number of unbranched alkanes of at least 4 members (excludes halogenated alkanes) is 1. The third-order valence-electron chi connectivity index (χ3n) is 6.82. The van der Waals surface area contributed by atoms with E-state index in [-0.39, 0.29) is 24.0 Å². The number of aromatic nitrogens is 2. The first kappa shape index (κ1) is 27.3. The molecule has 0 saturated carbocycles. The van der Waals surface area contributed by atoms with Crippen LogP contribution in [0.3, 0.4) is 0 Å². The van der Waals surface area contributed by atoms with Crippen molar-refractivity contribution in [3.8, 4) is 11.4 Å². The van der Waals surface area contributed by atoms with Crippen LogP contribution in [0.4, 0.5) is 5.69 Å². The van der Waals surface area contributed by atoms with Gasteiger partial charge in [0.2, 0.25) is 0 Å². The van der Waals surface area contributed by atoms with Crippen LogP contribution >= 0.6 is 7.92 Å². The number of anilines is 1. The van der Waals surface area contributed by atoms with Crippen molar-refractivity contribution in [2.24, 2.45) is 0 Å². The van der Waals surface area contributed by atoms with Gasteiger partial charge in [0.25, 0.3) is 0 Å². The highest BCUT2D eigenvalue weighted by atomic mass is 127. The summed E-state index contributed by atoms with van der Waals surface area (Å²) in [6.07, 6.45) is 3.35. The second kappa shape index (κ2) is 12.7. The van der Waals surface area contributed by atoms with Crippen molar-refractivity contribution in [2.45, 2.75) is 32.5 Å². The number of nitrogens with zero attached hydrogens (tertiary/aromatic N) is 3. The fourth-order valence-corrected chi connectivity index (χ4v) is 7.37. The molecular weight excluding hydrogens is 584 g/mol. The molecule has 1 heterocycles. The van der Waals surface area contributed by atoms with Gasteiger partial charge in [0.05, 0.1) is 35.7 Å². The van der Waals surface area contributed by atoms with Gasteiger partial charge in [-0.3, -0.25) is 0 Å². The lowest BCUT2D eigenvalue weighted by atomic mass is 10.2. The molecule has 1 aromatic heterocycles. The van der Waals surface area contributed by atoms with Gasteiger partial charge in [-0.25, -0.2) is 4.98 Å². The lowest BCUT2D eigenvalue weighted by Gasteiger charge is -2.13. The predicted molar refractivity (Wildman–Crippen MR) is 159 cm³/mol. The molecule has 0 radical (unpaired) electrons. The molecule has 190 valence electrons. The van der Waals surface area contributed by atoms with Gasteiger partial charge in [-0.2, -0.15) is 0 Å². The Hall–Kier alpha value is -2.69. The third-order valence-corrected chi connectivity index (χ3v) is 9.64. The van der Waals surface area contributed by atoms with Crippen molar-refractivity contribution >= 4 is 35.3 Å². The van der Waals surface area contributed by atoms with Crippen LogP contribution in [0.25, 0.3) is 22.4 Å². The molecular formula is C32H35IN3P. The van der Waals surface area contributed by atoms with Gasteiger partial charge in [-0.05, 0) is 72.6 Å². The Morgan fingerprint density at radius 3 is 1.97 bits per heavy atom. The monoisotopic (exact) mass is 619 g/mol. The van der Waals surface area contributed by atoms with E-state index in [0.29, 0.717) is 0 Å². The SMILES string of the molecule is CCCCn1c(-c2ccc(N(C)C)cc2)nc2cc(C[PH+](c3ccccc3)c3ccccc3)ccc21.[I-]. The highest BCUT2D eigenvalue weighted by Crippen LogP contribution is 2.38. The fraction of sp³-hybridized carbons (Fsp3) is 0.219. The van der Waals surface area contributed by atoms with E-state index in [9.17, 15) is 0 Å². The van der Waals surface area contributed by atoms with Gasteiger partial charge in [0.15, 0.2) is 0 Å². The molecule has 5 rings (SSSR count). The molecule has 0 amide bonds. The maximum atomic E-state index is 5.18. The van der Waals surface area contributed by atoms with Crippen LogP contribution in [0.2, 0.25) is 0 Å². The van der Waals surface area contributed by atoms with E-state index in [1.54, 1.807) is 0 Å². The molecule has 5 aromatic rings. The molecule has 3 nitrogen and oxygen atoms in total. The standard InChI is InChI=1S/C32H34N3P.HI/c1-4-5-22-35-31-21-16-25(23-30(31)33-32(35)26-17-19-27(20-18-26)34(2)3)24-36(28-12-8-6-9-13-28)29-14-10-7-11-15-29;/h6-21,23H,4-5,22,24H2,1-3H3;1H. The Balaban J connectivity index is 0.00000320. The molecule has 37 heavy (non-hydrogen) atoms. The number of hydrogen-bond acceptors (Lipinski definition) is 2. The summed E-state index contributed by atoms with van der Waals surface area (Å²) in [5, 5.41) is 2.90. The first-order chi connectivity index (χ1) is 17.6. The maximum Gasteiger partial charge on any atom is 0.141 e. The van der Waals surface area contributed by atoms with Crippen LogP contribution in [0.15, 0.2) is 103 Å². The number of imidazole rings is 1. The molecule has 0 fully saturated rings. The van der Waals surface area contributed by atoms with Crippen LogP contribution in [0, 0.1) is 0 Å². The molecule has 5 heteroatoms. The number of aryl methyl sites for hydroxylation is 1. The van der Waals surface area contributed by atoms with Crippen LogP contribution in [-0.4, -0.2) is 23.6 Å². The predicted octanol–water partition coefficient (Wildman–Crippen LogP) is 3.94. The summed E-state index contributed by atoms with van der Waals surface area (Å²) < 4.78 is 2.41. The first-order valence-electron chi connectivity index (χ1n) is 12.9. The number of benzene rings is 4. The minimum atomic E-state index is -0.941. The lowest BCUT2D eigenvalue weighted by molar-refractivity contribution is -0.00000727. The van der Waals surface area contributed by atoms with Crippen LogP contribution in [0.5, 0.6) is 0 Å². The number of hydrogen-bond donors (Lipinski definition) is 0. The summed E-state index contributed by atoms with van der Waals surface area (Å²) in [7, 11) is 3.21. The Morgan fingerprint density at radius 1 is 0.784 bits per heavy atom. The Bertz CT molecular complexity index is 1370. The van der Waals surface area contributed by atoms with Gasteiger partial charge in [0.1, 0.15) is 5.82 Å². The van der Waals surface area contributed by atoms with Crippen LogP contribution in [0.1, 0.15) is 25.3 Å². The second-order valence-corrected chi connectivity index (χ2v) is 12.1. The van der Waals surface area contributed by atoms with E-state index in [4.69, 9.17) is 4.98 Å². The molecule has 0 N–H and O–H groups in total. The zero-order valence-corrected chi connectivity index (χ0v) is 25.0. The summed E-state index contributed by atoms with van der Waals surface area (Å²) >= 11 is 0. The molecule has 0 saturated heterocycles. The minimum Gasteiger partial charge on any atom is -1.00 e. The van der Waals surface area contributed by atoms with E-state index in [0.717, 1.165) is 36.9 Å². The highest BCUT2D eigenvalue weighted by Gasteiger charge is 2.23. The topological polar surface area (TPSA) is 21.1 Å². The number of rotatable bonds is 9. The van der Waals surface area contributed by atoms with Crippen molar-refractivity contribution in [1.82, 2.24) is 9.55 Å². The molecule has 0 atom stereocenters. The molecule has 4 aromatic carbocycles. The van der Waals surface area contributed by atoms with Crippen LogP contribution in [-0.2, 0) is 12.7 Å². The van der Waals surface area contributed by atoms with Crippen molar-refractivity contribution in [1.29, 1.82) is 0 Å². The lowest BCUT2D eigenvalue weighted by Crippen LogP contribution is -3.00. The zero-order valence-electron chi connectivity index (χ0n) is 21.9. The van der Waals surface area contributed by atoms with E-state index in [1.165, 1.54) is 32.9 Å². The molecule has 0 aliphatic carbocycles. The van der Waals surface area contributed by atoms with Gasteiger partial charge in [-0.15, -0.1) is 0 Å². The first-order valence-corrected chi connectivity index (χ1v) is 14.6. The molecule has 0 aliphatic rings. The van der Waals surface area contributed by atoms with Crippen molar-refractivity contribution in [3.63, 3.8) is 0 Å². The normalized spacial score (nSPS) is 11.0. The van der Waals surface area contributed by atoms with Crippen LogP contribution < -0.4 is 39.5 Å². The summed E-state index contributed by atoms with van der Waals surface area (Å²) in [5.74, 6) is 1.07. The number of fused-ring (bicyclic) bond motifs is 1. The van der Waals surface area contributed by atoms with E-state index in [2.05, 4.69) is 134 Å². The fourth-order valence-electron chi connectivity index (χ4n) is 4.81. The summed E-state index contributed by atoms with van der Waals surface area (Å²) in [6.45, 7) is 3.24. The summed E-state index contributed by atoms with van der Waals surface area (Å²) in [4.78, 5) is 7.32. The van der Waals surface area contributed by atoms with E-state index in [1.807, 2.05) is 0 Å². The zero-order chi connectivity index (χ0) is 24.9. The number of halogens is 1. The highest BCUT2D eigenvalue weighted by molar-refractivity contribution is 7.72. The molecule has 0 bridgehead atoms. The van der Waals surface area contributed by atoms with Crippen molar-refractivity contribution in [2.75, 3.05) is 19.0 Å². The average Bonchev–Trinajstić information content (AvgIpc) is 3.29. The Labute approximate surface area is 239 Å². The Morgan fingerprint density at radius 2 is 1.41 bits per heavy atom. The van der Waals surface area contributed by atoms with Crippen molar-refractivity contribution < 1.29 is 24.0 Å². The quantitative estimate of drug-likeness (QED) is 0.184. The molecule has 0 aliphatic heterocycles.